The van der Waals surface area contributed by atoms with E-state index in [2.05, 4.69) is 15.9 Å². The predicted molar refractivity (Wildman–Crippen MR) is 98.5 cm³/mol. The van der Waals surface area contributed by atoms with Gasteiger partial charge in [-0.3, -0.25) is 0 Å². The van der Waals surface area contributed by atoms with E-state index < -0.39 is 11.7 Å². The minimum Gasteiger partial charge on any atom is -0.358 e. The van der Waals surface area contributed by atoms with Crippen LogP contribution in [0, 0.1) is 0 Å². The number of benzene rings is 1. The summed E-state index contributed by atoms with van der Waals surface area (Å²) in [4.78, 5) is 5.35. The molecule has 0 atom stereocenters. The summed E-state index contributed by atoms with van der Waals surface area (Å²) in [5, 5.41) is 5.95. The summed E-state index contributed by atoms with van der Waals surface area (Å²) >= 11 is 1.51. The summed E-state index contributed by atoms with van der Waals surface area (Å²) in [6.45, 7) is 0.817. The zero-order valence-electron chi connectivity index (χ0n) is 14.5. The molecule has 0 spiro atoms. The van der Waals surface area contributed by atoms with Gasteiger partial charge in [-0.1, -0.05) is 23.4 Å². The first-order valence-electron chi connectivity index (χ1n) is 8.52. The molecule has 0 aliphatic heterocycles. The van der Waals surface area contributed by atoms with Crippen molar-refractivity contribution in [3.63, 3.8) is 0 Å². The number of unbranched alkanes of at least 4 members (excludes halogenated alkanes) is 1. The van der Waals surface area contributed by atoms with Crippen molar-refractivity contribution in [1.29, 1.82) is 0 Å². The minimum absolute atomic E-state index is 0.391. The van der Waals surface area contributed by atoms with Crippen molar-refractivity contribution in [2.45, 2.75) is 25.4 Å². The highest BCUT2D eigenvalue weighted by Crippen LogP contribution is 2.31. The number of thiophene rings is 1. The fourth-order valence-electron chi connectivity index (χ4n) is 2.56. The fraction of sp³-hybridized carbons (Fsp3) is 0.263. The van der Waals surface area contributed by atoms with E-state index in [1.165, 1.54) is 23.5 Å². The molecule has 2 aromatic heterocycles. The molecular formula is C19H19F3N3OS+. The van der Waals surface area contributed by atoms with E-state index in [9.17, 15) is 13.2 Å². The molecular weight excluding hydrogens is 375 g/mol. The molecule has 0 saturated carbocycles. The zero-order chi connectivity index (χ0) is 19.3. The maximum Gasteiger partial charge on any atom is 0.416 e. The Hall–Kier alpha value is -2.45. The summed E-state index contributed by atoms with van der Waals surface area (Å²) in [6, 6.07) is 8.85. The molecule has 27 heavy (non-hydrogen) atoms. The summed E-state index contributed by atoms with van der Waals surface area (Å²) in [7, 11) is 0. The van der Waals surface area contributed by atoms with Gasteiger partial charge in [0.05, 0.1) is 17.0 Å². The second kappa shape index (κ2) is 8.49. The van der Waals surface area contributed by atoms with E-state index >= 15 is 0 Å². The van der Waals surface area contributed by atoms with Crippen LogP contribution in [0.4, 0.5) is 13.2 Å². The van der Waals surface area contributed by atoms with Crippen LogP contribution in [0.1, 0.15) is 36.3 Å². The number of hydrogen-bond acceptors (Lipinski definition) is 4. The van der Waals surface area contributed by atoms with Crippen LogP contribution >= 0.6 is 11.3 Å². The molecule has 142 valence electrons. The molecule has 8 heteroatoms. The van der Waals surface area contributed by atoms with E-state index in [-0.39, 0.29) is 0 Å². The van der Waals surface area contributed by atoms with Crippen molar-refractivity contribution in [3.05, 3.63) is 58.8 Å². The van der Waals surface area contributed by atoms with Crippen molar-refractivity contribution in [1.82, 2.24) is 10.1 Å². The van der Waals surface area contributed by atoms with E-state index in [0.29, 0.717) is 23.7 Å². The number of aromatic nitrogens is 2. The monoisotopic (exact) mass is 394 g/mol. The number of quaternary nitrogens is 1. The lowest BCUT2D eigenvalue weighted by atomic mass is 10.0. The minimum atomic E-state index is -4.35. The standard InChI is InChI=1S/C19H18F3N3OS/c20-19(21,22)15-8-6-13(7-9-15)12-14(4-1-2-10-23)18-24-17(25-26-18)16-5-3-11-27-16/h3,5-9,11-12H,1-2,4,10,23H2/p+1/b14-12+. The first-order valence-corrected chi connectivity index (χ1v) is 9.40. The van der Waals surface area contributed by atoms with Crippen LogP contribution in [0.15, 0.2) is 46.3 Å². The number of nitrogens with zero attached hydrogens (tertiary/aromatic N) is 2. The summed E-state index contributed by atoms with van der Waals surface area (Å²) in [6.07, 6.45) is -0.0399. The van der Waals surface area contributed by atoms with Gasteiger partial charge in [-0.25, -0.2) is 0 Å². The summed E-state index contributed by atoms with van der Waals surface area (Å²) < 4.78 is 43.6. The first kappa shape index (κ1) is 19.3. The Morgan fingerprint density at radius 3 is 2.56 bits per heavy atom. The highest BCUT2D eigenvalue weighted by atomic mass is 32.1. The van der Waals surface area contributed by atoms with Crippen LogP contribution in [0.5, 0.6) is 0 Å². The molecule has 0 aliphatic carbocycles. The van der Waals surface area contributed by atoms with Gasteiger partial charge in [-0.2, -0.15) is 18.2 Å². The Bertz CT molecular complexity index is 884. The van der Waals surface area contributed by atoms with E-state index in [1.54, 1.807) is 6.08 Å². The van der Waals surface area contributed by atoms with Crippen LogP contribution in [-0.2, 0) is 6.18 Å². The average molecular weight is 394 g/mol. The van der Waals surface area contributed by atoms with Gasteiger partial charge in [-0.05, 0) is 54.5 Å². The zero-order valence-corrected chi connectivity index (χ0v) is 15.3. The summed E-state index contributed by atoms with van der Waals surface area (Å²) in [5.41, 5.74) is 4.62. The number of allylic oxidation sites excluding steroid dienone is 1. The lowest BCUT2D eigenvalue weighted by Crippen LogP contribution is -2.50. The number of halogens is 3. The largest absolute Gasteiger partial charge is 0.416 e. The Morgan fingerprint density at radius 1 is 1.15 bits per heavy atom. The van der Waals surface area contributed by atoms with Crippen LogP contribution in [0.25, 0.3) is 22.4 Å². The lowest BCUT2D eigenvalue weighted by molar-refractivity contribution is -0.368. The van der Waals surface area contributed by atoms with E-state index in [0.717, 1.165) is 42.0 Å². The van der Waals surface area contributed by atoms with Crippen molar-refractivity contribution in [2.24, 2.45) is 0 Å². The highest BCUT2D eigenvalue weighted by Gasteiger charge is 2.29. The molecule has 0 saturated heterocycles. The van der Waals surface area contributed by atoms with E-state index in [1.807, 2.05) is 17.5 Å². The number of alkyl halides is 3. The molecule has 0 bridgehead atoms. The predicted octanol–water partition coefficient (Wildman–Crippen LogP) is 4.77. The molecule has 4 nitrogen and oxygen atoms in total. The van der Waals surface area contributed by atoms with Gasteiger partial charge in [-0.15, -0.1) is 11.3 Å². The smallest absolute Gasteiger partial charge is 0.358 e. The van der Waals surface area contributed by atoms with Crippen molar-refractivity contribution in [3.8, 4) is 10.7 Å². The molecule has 0 fully saturated rings. The molecule has 0 unspecified atom stereocenters. The third kappa shape index (κ3) is 5.05. The Balaban J connectivity index is 1.87. The van der Waals surface area contributed by atoms with Crippen LogP contribution in [0.3, 0.4) is 0 Å². The average Bonchev–Trinajstić information content (AvgIpc) is 3.32. The van der Waals surface area contributed by atoms with Crippen molar-refractivity contribution >= 4 is 23.0 Å². The molecule has 3 aromatic rings. The first-order chi connectivity index (χ1) is 13.0. The van der Waals surface area contributed by atoms with E-state index in [4.69, 9.17) is 4.52 Å². The molecule has 0 radical (unpaired) electrons. The van der Waals surface area contributed by atoms with Gasteiger partial charge < -0.3 is 10.3 Å². The molecule has 2 heterocycles. The third-order valence-corrected chi connectivity index (χ3v) is 4.83. The quantitative estimate of drug-likeness (QED) is 0.587. The Morgan fingerprint density at radius 2 is 1.93 bits per heavy atom. The van der Waals surface area contributed by atoms with Crippen molar-refractivity contribution in [2.75, 3.05) is 6.54 Å². The normalized spacial score (nSPS) is 12.5. The number of rotatable bonds is 7. The van der Waals surface area contributed by atoms with Gasteiger partial charge in [0.25, 0.3) is 5.89 Å². The van der Waals surface area contributed by atoms with Gasteiger partial charge in [0, 0.05) is 5.57 Å². The second-order valence-corrected chi connectivity index (χ2v) is 6.95. The lowest BCUT2D eigenvalue weighted by Gasteiger charge is -2.07. The Kier molecular flexibility index (Phi) is 6.08. The maximum absolute atomic E-state index is 12.7. The molecule has 3 rings (SSSR count). The van der Waals surface area contributed by atoms with Gasteiger partial charge in [0.15, 0.2) is 0 Å². The fourth-order valence-corrected chi connectivity index (χ4v) is 3.21. The number of hydrogen-bond donors (Lipinski definition) is 1. The maximum atomic E-state index is 12.7. The van der Waals surface area contributed by atoms with Crippen molar-refractivity contribution < 1.29 is 23.4 Å². The van der Waals surface area contributed by atoms with Gasteiger partial charge >= 0.3 is 6.18 Å². The molecule has 1 aromatic carbocycles. The Labute approximate surface area is 158 Å². The van der Waals surface area contributed by atoms with Crippen LogP contribution in [-0.4, -0.2) is 16.7 Å². The SMILES string of the molecule is [NH3+]CCCC/C(=C\c1ccc(C(F)(F)F)cc1)c1nc(-c2cccs2)no1. The van der Waals surface area contributed by atoms with Crippen LogP contribution in [0.2, 0.25) is 0 Å². The topological polar surface area (TPSA) is 66.6 Å². The summed E-state index contributed by atoms with van der Waals surface area (Å²) in [5.74, 6) is 0.901. The highest BCUT2D eigenvalue weighted by molar-refractivity contribution is 7.13. The van der Waals surface area contributed by atoms with Gasteiger partial charge in [0.2, 0.25) is 5.82 Å². The third-order valence-electron chi connectivity index (χ3n) is 3.97. The molecule has 3 N–H and O–H groups in total. The van der Waals surface area contributed by atoms with Gasteiger partial charge in [0.1, 0.15) is 0 Å². The second-order valence-electron chi connectivity index (χ2n) is 6.00. The van der Waals surface area contributed by atoms with Crippen LogP contribution < -0.4 is 5.73 Å². The molecule has 0 aliphatic rings. The molecule has 0 amide bonds.